The number of rotatable bonds is 6. The molecule has 1 aliphatic rings. The molecule has 158 valence electrons. The van der Waals surface area contributed by atoms with Crippen LogP contribution >= 0.6 is 11.3 Å². The highest BCUT2D eigenvalue weighted by Gasteiger charge is 2.30. The van der Waals surface area contributed by atoms with E-state index in [2.05, 4.69) is 10.3 Å². The molecular weight excluding hydrogens is 426 g/mol. The number of nitrogens with one attached hydrogen (secondary N) is 1. The molecule has 0 saturated carbocycles. The lowest BCUT2D eigenvalue weighted by Crippen LogP contribution is -2.28. The molecule has 0 radical (unpaired) electrons. The fourth-order valence-corrected chi connectivity index (χ4v) is 5.93. The molecule has 0 aliphatic carbocycles. The first kappa shape index (κ1) is 20.6. The van der Waals surface area contributed by atoms with E-state index in [9.17, 15) is 13.2 Å². The zero-order valence-corrected chi connectivity index (χ0v) is 18.2. The van der Waals surface area contributed by atoms with Crippen molar-refractivity contribution in [2.75, 3.05) is 32.6 Å². The number of amides is 1. The van der Waals surface area contributed by atoms with Crippen molar-refractivity contribution >= 4 is 42.6 Å². The van der Waals surface area contributed by atoms with Gasteiger partial charge in [0.05, 0.1) is 24.4 Å². The Bertz CT molecular complexity index is 1200. The first-order valence-electron chi connectivity index (χ1n) is 9.36. The molecule has 1 saturated heterocycles. The molecule has 2 aromatic carbocycles. The summed E-state index contributed by atoms with van der Waals surface area (Å²) in [4.78, 5) is 17.2. The van der Waals surface area contributed by atoms with Crippen molar-refractivity contribution in [3.05, 3.63) is 42.0 Å². The summed E-state index contributed by atoms with van der Waals surface area (Å²) in [7, 11) is -0.741. The molecular formula is C20H21N3O5S2. The fraction of sp³-hybridized carbons (Fsp3) is 0.300. The van der Waals surface area contributed by atoms with Gasteiger partial charge >= 0.3 is 0 Å². The van der Waals surface area contributed by atoms with E-state index < -0.39 is 15.9 Å². The smallest absolute Gasteiger partial charge is 0.257 e. The van der Waals surface area contributed by atoms with E-state index in [0.717, 1.165) is 23.1 Å². The maximum Gasteiger partial charge on any atom is 0.257 e. The second-order valence-electron chi connectivity index (χ2n) is 6.78. The van der Waals surface area contributed by atoms with Crippen molar-refractivity contribution in [3.63, 3.8) is 0 Å². The minimum absolute atomic E-state index is 0.00594. The van der Waals surface area contributed by atoms with Crippen molar-refractivity contribution in [2.45, 2.75) is 17.7 Å². The minimum atomic E-state index is -3.74. The fourth-order valence-electron chi connectivity index (χ4n) is 3.34. The highest BCUT2D eigenvalue weighted by molar-refractivity contribution is 7.89. The van der Waals surface area contributed by atoms with Crippen LogP contribution in [-0.2, 0) is 10.0 Å². The first-order valence-corrected chi connectivity index (χ1v) is 11.6. The lowest BCUT2D eigenvalue weighted by atomic mass is 10.2. The highest BCUT2D eigenvalue weighted by Crippen LogP contribution is 2.32. The van der Waals surface area contributed by atoms with Gasteiger partial charge in [0, 0.05) is 18.7 Å². The minimum Gasteiger partial charge on any atom is -0.497 e. The molecule has 0 spiro atoms. The number of fused-ring (bicyclic) bond motifs is 1. The third kappa shape index (κ3) is 3.85. The number of sulfonamides is 1. The second kappa shape index (κ2) is 8.21. The first-order chi connectivity index (χ1) is 14.4. The number of carbonyl (C=O) groups is 1. The van der Waals surface area contributed by atoms with Crippen LogP contribution in [0.5, 0.6) is 11.5 Å². The normalized spacial score (nSPS) is 14.7. The standard InChI is InChI=1S/C20H21N3O5S2/c1-27-14-6-7-15-17(12-14)29-20(21-15)22-19(24)13-5-8-16(28-2)18(11-13)30(25,26)23-9-3-4-10-23/h5-8,11-12H,3-4,9-10H2,1-2H3,(H,21,22,24). The third-order valence-electron chi connectivity index (χ3n) is 4.92. The Labute approximate surface area is 178 Å². The Morgan fingerprint density at radius 1 is 1.10 bits per heavy atom. The predicted molar refractivity (Wildman–Crippen MR) is 115 cm³/mol. The Kier molecular flexibility index (Phi) is 5.63. The zero-order valence-electron chi connectivity index (χ0n) is 16.5. The van der Waals surface area contributed by atoms with E-state index in [1.807, 2.05) is 12.1 Å². The van der Waals surface area contributed by atoms with E-state index in [4.69, 9.17) is 9.47 Å². The van der Waals surface area contributed by atoms with E-state index in [0.29, 0.717) is 24.0 Å². The molecule has 0 unspecified atom stereocenters. The van der Waals surface area contributed by atoms with Crippen LogP contribution < -0.4 is 14.8 Å². The number of ether oxygens (including phenoxy) is 2. The van der Waals surface area contributed by atoms with E-state index in [1.54, 1.807) is 13.2 Å². The van der Waals surface area contributed by atoms with Crippen LogP contribution in [0, 0.1) is 0 Å². The summed E-state index contributed by atoms with van der Waals surface area (Å²) in [6.45, 7) is 0.939. The van der Waals surface area contributed by atoms with Gasteiger partial charge in [-0.2, -0.15) is 4.31 Å². The average Bonchev–Trinajstić information content (AvgIpc) is 3.42. The molecule has 0 atom stereocenters. The van der Waals surface area contributed by atoms with Crippen molar-refractivity contribution < 1.29 is 22.7 Å². The summed E-state index contributed by atoms with van der Waals surface area (Å²) in [6, 6.07) is 9.85. The van der Waals surface area contributed by atoms with Gasteiger partial charge in [0.25, 0.3) is 5.91 Å². The van der Waals surface area contributed by atoms with Gasteiger partial charge < -0.3 is 9.47 Å². The van der Waals surface area contributed by atoms with E-state index in [-0.39, 0.29) is 16.2 Å². The van der Waals surface area contributed by atoms with Gasteiger partial charge in [0.2, 0.25) is 10.0 Å². The van der Waals surface area contributed by atoms with Gasteiger partial charge in [-0.15, -0.1) is 0 Å². The molecule has 1 fully saturated rings. The van der Waals surface area contributed by atoms with Crippen LogP contribution in [0.3, 0.4) is 0 Å². The van der Waals surface area contributed by atoms with Crippen LogP contribution in [0.15, 0.2) is 41.3 Å². The number of methoxy groups -OCH3 is 2. The Morgan fingerprint density at radius 2 is 1.87 bits per heavy atom. The molecule has 4 rings (SSSR count). The molecule has 1 amide bonds. The van der Waals surface area contributed by atoms with E-state index >= 15 is 0 Å². The van der Waals surface area contributed by atoms with E-state index in [1.165, 1.54) is 41.0 Å². The summed E-state index contributed by atoms with van der Waals surface area (Å²) < 4.78 is 38.8. The summed E-state index contributed by atoms with van der Waals surface area (Å²) >= 11 is 1.31. The molecule has 2 heterocycles. The van der Waals surface area contributed by atoms with Crippen LogP contribution in [0.1, 0.15) is 23.2 Å². The maximum absolute atomic E-state index is 13.0. The van der Waals surface area contributed by atoms with Crippen LogP contribution in [0.25, 0.3) is 10.2 Å². The number of aromatic nitrogens is 1. The van der Waals surface area contributed by atoms with Crippen LogP contribution in [-0.4, -0.2) is 50.9 Å². The molecule has 10 heteroatoms. The number of thiazole rings is 1. The average molecular weight is 448 g/mol. The molecule has 30 heavy (non-hydrogen) atoms. The number of carbonyl (C=O) groups excluding carboxylic acids is 1. The highest BCUT2D eigenvalue weighted by atomic mass is 32.2. The van der Waals surface area contributed by atoms with Crippen molar-refractivity contribution in [1.82, 2.24) is 9.29 Å². The molecule has 1 N–H and O–H groups in total. The Hall–Kier alpha value is -2.69. The largest absolute Gasteiger partial charge is 0.497 e. The second-order valence-corrected chi connectivity index (χ2v) is 9.72. The van der Waals surface area contributed by atoms with Gasteiger partial charge in [0.15, 0.2) is 5.13 Å². The zero-order chi connectivity index (χ0) is 21.3. The quantitative estimate of drug-likeness (QED) is 0.622. The third-order valence-corrected chi connectivity index (χ3v) is 7.78. The topological polar surface area (TPSA) is 97.8 Å². The van der Waals surface area contributed by atoms with Gasteiger partial charge in [-0.3, -0.25) is 10.1 Å². The number of nitrogens with zero attached hydrogens (tertiary/aromatic N) is 2. The van der Waals surface area contributed by atoms with Crippen molar-refractivity contribution in [3.8, 4) is 11.5 Å². The Morgan fingerprint density at radius 3 is 2.57 bits per heavy atom. The summed E-state index contributed by atoms with van der Waals surface area (Å²) in [5.41, 5.74) is 0.952. The Balaban J connectivity index is 1.63. The maximum atomic E-state index is 13.0. The lowest BCUT2D eigenvalue weighted by Gasteiger charge is -2.18. The number of hydrogen-bond acceptors (Lipinski definition) is 7. The molecule has 3 aromatic rings. The molecule has 0 bridgehead atoms. The van der Waals surface area contributed by atoms with Gasteiger partial charge in [-0.1, -0.05) is 11.3 Å². The number of hydrogen-bond donors (Lipinski definition) is 1. The molecule has 1 aliphatic heterocycles. The van der Waals surface area contributed by atoms with Crippen LogP contribution in [0.2, 0.25) is 0 Å². The molecule has 8 nitrogen and oxygen atoms in total. The van der Waals surface area contributed by atoms with Gasteiger partial charge in [-0.05, 0) is 49.2 Å². The SMILES string of the molecule is COc1ccc2nc(NC(=O)c3ccc(OC)c(S(=O)(=O)N4CCCC4)c3)sc2c1. The summed E-state index contributed by atoms with van der Waals surface area (Å²) in [6.07, 6.45) is 1.65. The van der Waals surface area contributed by atoms with Crippen molar-refractivity contribution in [2.24, 2.45) is 0 Å². The predicted octanol–water partition coefficient (Wildman–Crippen LogP) is 3.35. The van der Waals surface area contributed by atoms with Crippen LogP contribution in [0.4, 0.5) is 5.13 Å². The monoisotopic (exact) mass is 447 g/mol. The number of benzene rings is 2. The number of anilines is 1. The summed E-state index contributed by atoms with van der Waals surface area (Å²) in [5.74, 6) is 0.475. The van der Waals surface area contributed by atoms with Gasteiger partial charge in [-0.25, -0.2) is 13.4 Å². The lowest BCUT2D eigenvalue weighted by molar-refractivity contribution is 0.102. The van der Waals surface area contributed by atoms with Gasteiger partial charge in [0.1, 0.15) is 16.4 Å². The summed E-state index contributed by atoms with van der Waals surface area (Å²) in [5, 5.41) is 3.17. The molecule has 1 aromatic heterocycles. The van der Waals surface area contributed by atoms with Crippen molar-refractivity contribution in [1.29, 1.82) is 0 Å².